The van der Waals surface area contributed by atoms with Crippen molar-refractivity contribution in [3.05, 3.63) is 35.9 Å². The maximum absolute atomic E-state index is 11.8. The number of rotatable bonds is 5. The van der Waals surface area contributed by atoms with Crippen LogP contribution in [0.15, 0.2) is 30.3 Å². The summed E-state index contributed by atoms with van der Waals surface area (Å²) in [5, 5.41) is 0. The molecule has 22 heavy (non-hydrogen) atoms. The molecule has 0 aliphatic carbocycles. The van der Waals surface area contributed by atoms with Crippen molar-refractivity contribution in [2.45, 2.75) is 58.0 Å². The molecule has 1 aromatic carbocycles. The molecule has 0 saturated carbocycles. The van der Waals surface area contributed by atoms with Gasteiger partial charge < -0.3 is 14.2 Å². The number of ether oxygens (including phenoxy) is 3. The Hall–Kier alpha value is -1.39. The molecule has 2 rings (SSSR count). The normalized spacial score (nSPS) is 25.5. The van der Waals surface area contributed by atoms with Gasteiger partial charge >= 0.3 is 5.97 Å². The highest BCUT2D eigenvalue weighted by Crippen LogP contribution is 2.32. The largest absolute Gasteiger partial charge is 0.469 e. The highest BCUT2D eigenvalue weighted by Gasteiger charge is 2.39. The van der Waals surface area contributed by atoms with Gasteiger partial charge in [-0.1, -0.05) is 30.3 Å². The minimum atomic E-state index is -0.674. The van der Waals surface area contributed by atoms with Gasteiger partial charge in [0.05, 0.1) is 25.2 Å². The van der Waals surface area contributed by atoms with E-state index < -0.39 is 5.79 Å². The molecule has 3 atom stereocenters. The molecular formula is C18H26O4. The first-order valence-electron chi connectivity index (χ1n) is 7.88. The van der Waals surface area contributed by atoms with E-state index in [1.165, 1.54) is 12.7 Å². The fourth-order valence-electron chi connectivity index (χ4n) is 2.94. The van der Waals surface area contributed by atoms with Crippen molar-refractivity contribution in [3.8, 4) is 0 Å². The lowest BCUT2D eigenvalue weighted by molar-refractivity contribution is -0.306. The van der Waals surface area contributed by atoms with E-state index in [9.17, 15) is 4.79 Å². The summed E-state index contributed by atoms with van der Waals surface area (Å²) in [5.74, 6) is -1.19. The van der Waals surface area contributed by atoms with Gasteiger partial charge in [-0.3, -0.25) is 4.79 Å². The van der Waals surface area contributed by atoms with Gasteiger partial charge in [0.15, 0.2) is 5.79 Å². The molecule has 1 saturated heterocycles. The second-order valence-corrected chi connectivity index (χ2v) is 6.37. The summed E-state index contributed by atoms with van der Waals surface area (Å²) in [4.78, 5) is 11.8. The molecule has 0 aromatic heterocycles. The van der Waals surface area contributed by atoms with Crippen LogP contribution in [0.25, 0.3) is 0 Å². The lowest BCUT2D eigenvalue weighted by Crippen LogP contribution is -2.48. The molecule has 1 aliphatic heterocycles. The Labute approximate surface area is 132 Å². The van der Waals surface area contributed by atoms with Crippen LogP contribution >= 0.6 is 0 Å². The van der Waals surface area contributed by atoms with Gasteiger partial charge in [0.2, 0.25) is 0 Å². The first-order chi connectivity index (χ1) is 10.4. The quantitative estimate of drug-likeness (QED) is 0.783. The smallest absolute Gasteiger partial charge is 0.311 e. The molecule has 4 nitrogen and oxygen atoms in total. The van der Waals surface area contributed by atoms with Crippen LogP contribution in [0.3, 0.4) is 0 Å². The summed E-state index contributed by atoms with van der Waals surface area (Å²) in [7, 11) is 1.41. The van der Waals surface area contributed by atoms with E-state index in [-0.39, 0.29) is 24.1 Å². The van der Waals surface area contributed by atoms with Gasteiger partial charge in [0.1, 0.15) is 0 Å². The first kappa shape index (κ1) is 17.0. The molecule has 0 N–H and O–H groups in total. The van der Waals surface area contributed by atoms with Crippen molar-refractivity contribution in [1.29, 1.82) is 0 Å². The standard InChI is InChI=1S/C18H26O4/c1-13(17(19)20-4)16-12-15(21-18(2,3)22-16)11-10-14-8-6-5-7-9-14/h5-9,13,15-16H,10-12H2,1-4H3. The van der Waals surface area contributed by atoms with Crippen molar-refractivity contribution in [1.82, 2.24) is 0 Å². The molecule has 0 bridgehead atoms. The first-order valence-corrected chi connectivity index (χ1v) is 7.88. The molecule has 1 heterocycles. The lowest BCUT2D eigenvalue weighted by atomic mass is 9.94. The maximum Gasteiger partial charge on any atom is 0.311 e. The molecule has 3 unspecified atom stereocenters. The van der Waals surface area contributed by atoms with Crippen LogP contribution in [0.2, 0.25) is 0 Å². The summed E-state index contributed by atoms with van der Waals surface area (Å²) in [6, 6.07) is 10.4. The third-order valence-corrected chi connectivity index (χ3v) is 4.11. The molecule has 0 spiro atoms. The zero-order chi connectivity index (χ0) is 16.2. The predicted octanol–water partition coefficient (Wildman–Crippen LogP) is 3.34. The fourth-order valence-corrected chi connectivity index (χ4v) is 2.94. The lowest BCUT2D eigenvalue weighted by Gasteiger charge is -2.42. The van der Waals surface area contributed by atoms with Gasteiger partial charge in [0, 0.05) is 6.42 Å². The molecule has 1 aliphatic rings. The van der Waals surface area contributed by atoms with Crippen molar-refractivity contribution in [2.24, 2.45) is 5.92 Å². The summed E-state index contributed by atoms with van der Waals surface area (Å²) < 4.78 is 16.8. The Bertz CT molecular complexity index is 483. The number of esters is 1. The van der Waals surface area contributed by atoms with Gasteiger partial charge in [-0.2, -0.15) is 0 Å². The van der Waals surface area contributed by atoms with Crippen LogP contribution < -0.4 is 0 Å². The van der Waals surface area contributed by atoms with Crippen LogP contribution in [0.1, 0.15) is 39.2 Å². The Morgan fingerprint density at radius 2 is 2.00 bits per heavy atom. The van der Waals surface area contributed by atoms with E-state index >= 15 is 0 Å². The topological polar surface area (TPSA) is 44.8 Å². The van der Waals surface area contributed by atoms with Gasteiger partial charge in [-0.05, 0) is 39.2 Å². The summed E-state index contributed by atoms with van der Waals surface area (Å²) in [5.41, 5.74) is 1.30. The minimum Gasteiger partial charge on any atom is -0.469 e. The van der Waals surface area contributed by atoms with E-state index in [1.807, 2.05) is 39.0 Å². The number of methoxy groups -OCH3 is 1. The van der Waals surface area contributed by atoms with Crippen LogP contribution in [0, 0.1) is 5.92 Å². The molecule has 0 amide bonds. The molecule has 4 heteroatoms. The van der Waals surface area contributed by atoms with Crippen LogP contribution in [-0.2, 0) is 25.4 Å². The van der Waals surface area contributed by atoms with E-state index in [1.54, 1.807) is 0 Å². The third kappa shape index (κ3) is 4.55. The van der Waals surface area contributed by atoms with Gasteiger partial charge in [0.25, 0.3) is 0 Å². The van der Waals surface area contributed by atoms with E-state index in [2.05, 4.69) is 12.1 Å². The zero-order valence-electron chi connectivity index (χ0n) is 13.9. The highest BCUT2D eigenvalue weighted by atomic mass is 16.7. The average molecular weight is 306 g/mol. The fraction of sp³-hybridized carbons (Fsp3) is 0.611. The minimum absolute atomic E-state index is 0.0843. The SMILES string of the molecule is COC(=O)C(C)C1CC(CCc2ccccc2)OC(C)(C)O1. The Kier molecular flexibility index (Phi) is 5.59. The monoisotopic (exact) mass is 306 g/mol. The molecule has 1 aromatic rings. The second kappa shape index (κ2) is 7.25. The van der Waals surface area contributed by atoms with Crippen molar-refractivity contribution in [2.75, 3.05) is 7.11 Å². The highest BCUT2D eigenvalue weighted by molar-refractivity contribution is 5.72. The Balaban J connectivity index is 1.97. The van der Waals surface area contributed by atoms with Crippen molar-refractivity contribution in [3.63, 3.8) is 0 Å². The Morgan fingerprint density at radius 3 is 2.64 bits per heavy atom. The molecule has 122 valence electrons. The van der Waals surface area contributed by atoms with E-state index in [0.29, 0.717) is 6.42 Å². The molecule has 0 radical (unpaired) electrons. The van der Waals surface area contributed by atoms with Crippen molar-refractivity contribution < 1.29 is 19.0 Å². The molecular weight excluding hydrogens is 280 g/mol. The number of carbonyl (C=O) groups excluding carboxylic acids is 1. The van der Waals surface area contributed by atoms with Crippen LogP contribution in [-0.4, -0.2) is 31.1 Å². The predicted molar refractivity (Wildman–Crippen MR) is 84.4 cm³/mol. The summed E-state index contributed by atoms with van der Waals surface area (Å²) >= 11 is 0. The van der Waals surface area contributed by atoms with Crippen molar-refractivity contribution >= 4 is 5.97 Å². The second-order valence-electron chi connectivity index (χ2n) is 6.37. The molecule has 1 fully saturated rings. The van der Waals surface area contributed by atoms with E-state index in [4.69, 9.17) is 14.2 Å². The number of benzene rings is 1. The average Bonchev–Trinajstić information content (AvgIpc) is 2.51. The third-order valence-electron chi connectivity index (χ3n) is 4.11. The van der Waals surface area contributed by atoms with E-state index in [0.717, 1.165) is 12.8 Å². The summed E-state index contributed by atoms with van der Waals surface area (Å²) in [6.07, 6.45) is 2.51. The number of hydrogen-bond donors (Lipinski definition) is 0. The number of carbonyl (C=O) groups is 1. The van der Waals surface area contributed by atoms with Crippen LogP contribution in [0.5, 0.6) is 0 Å². The zero-order valence-corrected chi connectivity index (χ0v) is 13.9. The number of hydrogen-bond acceptors (Lipinski definition) is 4. The summed E-state index contributed by atoms with van der Waals surface area (Å²) in [6.45, 7) is 5.66. The van der Waals surface area contributed by atoms with Gasteiger partial charge in [-0.25, -0.2) is 0 Å². The maximum atomic E-state index is 11.8. The number of aryl methyl sites for hydroxylation is 1. The van der Waals surface area contributed by atoms with Gasteiger partial charge in [-0.15, -0.1) is 0 Å². The Morgan fingerprint density at radius 1 is 1.32 bits per heavy atom. The van der Waals surface area contributed by atoms with Crippen LogP contribution in [0.4, 0.5) is 0 Å².